The van der Waals surface area contributed by atoms with Crippen LogP contribution in [0.3, 0.4) is 0 Å². The van der Waals surface area contributed by atoms with Gasteiger partial charge in [-0.25, -0.2) is 13.1 Å². The van der Waals surface area contributed by atoms with E-state index in [4.69, 9.17) is 0 Å². The van der Waals surface area contributed by atoms with Crippen molar-refractivity contribution in [3.05, 3.63) is 12.4 Å². The summed E-state index contributed by atoms with van der Waals surface area (Å²) < 4.78 is 26.7. The first-order valence-electron chi connectivity index (χ1n) is 6.09. The lowest BCUT2D eigenvalue weighted by molar-refractivity contribution is 0.484. The molecule has 96 valence electrons. The Kier molecular flexibility index (Phi) is 3.83. The molecule has 1 aliphatic rings. The van der Waals surface area contributed by atoms with Gasteiger partial charge in [0.2, 0.25) is 10.0 Å². The number of aromatic amines is 1. The number of hydrogen-bond acceptors (Lipinski definition) is 3. The highest BCUT2D eigenvalue weighted by Crippen LogP contribution is 2.23. The number of hydrogen-bond donors (Lipinski definition) is 2. The molecule has 2 unspecified atom stereocenters. The number of H-pyrrole nitrogens is 1. The zero-order valence-electron chi connectivity index (χ0n) is 10.0. The zero-order chi connectivity index (χ0) is 12.3. The largest absolute Gasteiger partial charge is 0.284 e. The predicted octanol–water partition coefficient (Wildman–Crippen LogP) is 1.66. The van der Waals surface area contributed by atoms with E-state index in [2.05, 4.69) is 21.8 Å². The fraction of sp³-hybridized carbons (Fsp3) is 0.727. The van der Waals surface area contributed by atoms with Gasteiger partial charge in [0.25, 0.3) is 0 Å². The minimum absolute atomic E-state index is 0.0693. The maximum atomic E-state index is 12.0. The molecule has 0 aromatic carbocycles. The molecule has 0 saturated heterocycles. The molecule has 0 bridgehead atoms. The van der Waals surface area contributed by atoms with Crippen LogP contribution in [-0.4, -0.2) is 24.7 Å². The molecule has 1 saturated carbocycles. The SMILES string of the molecule is CC1CCCC(NS(=O)(=O)c2cn[nH]c2)CC1. The molecule has 0 spiro atoms. The molecule has 6 heteroatoms. The Morgan fingerprint density at radius 2 is 2.18 bits per heavy atom. The van der Waals surface area contributed by atoms with E-state index in [0.717, 1.165) is 25.7 Å². The first-order valence-corrected chi connectivity index (χ1v) is 7.57. The second-order valence-corrected chi connectivity index (χ2v) is 6.58. The van der Waals surface area contributed by atoms with Gasteiger partial charge in [-0.2, -0.15) is 5.10 Å². The maximum Gasteiger partial charge on any atom is 0.243 e. The molecule has 0 amide bonds. The standard InChI is InChI=1S/C11H19N3O2S/c1-9-3-2-4-10(6-5-9)14-17(15,16)11-7-12-13-8-11/h7-10,14H,2-6H2,1H3,(H,12,13). The summed E-state index contributed by atoms with van der Waals surface area (Å²) in [6.07, 6.45) is 7.99. The number of rotatable bonds is 3. The van der Waals surface area contributed by atoms with Gasteiger partial charge in [-0.05, 0) is 25.2 Å². The highest BCUT2D eigenvalue weighted by atomic mass is 32.2. The van der Waals surface area contributed by atoms with E-state index in [0.29, 0.717) is 5.92 Å². The van der Waals surface area contributed by atoms with Crippen LogP contribution in [0.25, 0.3) is 0 Å². The maximum absolute atomic E-state index is 12.0. The molecule has 1 fully saturated rings. The Hall–Kier alpha value is -0.880. The van der Waals surface area contributed by atoms with Gasteiger partial charge in [0.1, 0.15) is 4.90 Å². The summed E-state index contributed by atoms with van der Waals surface area (Å²) in [5.41, 5.74) is 0. The van der Waals surface area contributed by atoms with Crippen molar-refractivity contribution in [3.8, 4) is 0 Å². The Bertz CT molecular complexity index is 441. The quantitative estimate of drug-likeness (QED) is 0.809. The minimum Gasteiger partial charge on any atom is -0.284 e. The molecule has 1 aromatic heterocycles. The Balaban J connectivity index is 2.01. The van der Waals surface area contributed by atoms with Gasteiger partial charge in [-0.15, -0.1) is 0 Å². The van der Waals surface area contributed by atoms with Crippen molar-refractivity contribution >= 4 is 10.0 Å². The average molecular weight is 257 g/mol. The summed E-state index contributed by atoms with van der Waals surface area (Å²) in [7, 11) is -3.39. The third-order valence-electron chi connectivity index (χ3n) is 3.36. The summed E-state index contributed by atoms with van der Waals surface area (Å²) in [5.74, 6) is 0.707. The van der Waals surface area contributed by atoms with Gasteiger partial charge >= 0.3 is 0 Å². The van der Waals surface area contributed by atoms with Crippen molar-refractivity contribution in [1.29, 1.82) is 0 Å². The van der Waals surface area contributed by atoms with Crippen molar-refractivity contribution in [2.45, 2.75) is 50.0 Å². The van der Waals surface area contributed by atoms with Crippen LogP contribution < -0.4 is 4.72 Å². The van der Waals surface area contributed by atoms with Crippen molar-refractivity contribution in [3.63, 3.8) is 0 Å². The van der Waals surface area contributed by atoms with E-state index < -0.39 is 10.0 Å². The molecule has 17 heavy (non-hydrogen) atoms. The minimum atomic E-state index is -3.39. The fourth-order valence-electron chi connectivity index (χ4n) is 2.28. The molecule has 0 aliphatic heterocycles. The van der Waals surface area contributed by atoms with Crippen LogP contribution in [0.5, 0.6) is 0 Å². The molecule has 2 atom stereocenters. The normalized spacial score (nSPS) is 26.6. The lowest BCUT2D eigenvalue weighted by atomic mass is 10.0. The average Bonchev–Trinajstić information content (AvgIpc) is 2.73. The lowest BCUT2D eigenvalue weighted by Gasteiger charge is -2.15. The molecule has 2 N–H and O–H groups in total. The second kappa shape index (κ2) is 5.18. The highest BCUT2D eigenvalue weighted by Gasteiger charge is 2.23. The molecule has 2 rings (SSSR count). The summed E-state index contributed by atoms with van der Waals surface area (Å²) in [6, 6.07) is 0.0693. The number of nitrogens with one attached hydrogen (secondary N) is 2. The van der Waals surface area contributed by atoms with Crippen LogP contribution in [0.2, 0.25) is 0 Å². The number of nitrogens with zero attached hydrogens (tertiary/aromatic N) is 1. The lowest BCUT2D eigenvalue weighted by Crippen LogP contribution is -2.34. The molecule has 1 aromatic rings. The van der Waals surface area contributed by atoms with Gasteiger partial charge in [0.05, 0.1) is 6.20 Å². The van der Waals surface area contributed by atoms with Crippen molar-refractivity contribution in [1.82, 2.24) is 14.9 Å². The highest BCUT2D eigenvalue weighted by molar-refractivity contribution is 7.89. The first kappa shape index (κ1) is 12.6. The molecule has 1 heterocycles. The van der Waals surface area contributed by atoms with E-state index in [9.17, 15) is 8.42 Å². The van der Waals surface area contributed by atoms with Crippen molar-refractivity contribution < 1.29 is 8.42 Å². The molecule has 0 radical (unpaired) electrons. The van der Waals surface area contributed by atoms with E-state index in [-0.39, 0.29) is 10.9 Å². The van der Waals surface area contributed by atoms with Crippen LogP contribution in [0.1, 0.15) is 39.0 Å². The van der Waals surface area contributed by atoms with Gasteiger partial charge in [0, 0.05) is 12.2 Å². The first-order chi connectivity index (χ1) is 8.08. The van der Waals surface area contributed by atoms with Crippen LogP contribution >= 0.6 is 0 Å². The van der Waals surface area contributed by atoms with Gasteiger partial charge in [-0.3, -0.25) is 5.10 Å². The number of aromatic nitrogens is 2. The topological polar surface area (TPSA) is 74.8 Å². The third-order valence-corrected chi connectivity index (χ3v) is 4.85. The van der Waals surface area contributed by atoms with Gasteiger partial charge in [0.15, 0.2) is 0 Å². The fourth-order valence-corrected chi connectivity index (χ4v) is 3.49. The van der Waals surface area contributed by atoms with Crippen LogP contribution in [0.15, 0.2) is 17.3 Å². The predicted molar refractivity (Wildman–Crippen MR) is 64.9 cm³/mol. The van der Waals surface area contributed by atoms with Gasteiger partial charge < -0.3 is 0 Å². The molecular weight excluding hydrogens is 238 g/mol. The van der Waals surface area contributed by atoms with Crippen LogP contribution in [0.4, 0.5) is 0 Å². The third kappa shape index (κ3) is 3.29. The molecular formula is C11H19N3O2S. The van der Waals surface area contributed by atoms with E-state index in [1.165, 1.54) is 18.8 Å². The summed E-state index contributed by atoms with van der Waals surface area (Å²) >= 11 is 0. The molecule has 1 aliphatic carbocycles. The Morgan fingerprint density at radius 1 is 1.35 bits per heavy atom. The van der Waals surface area contributed by atoms with E-state index in [1.54, 1.807) is 0 Å². The van der Waals surface area contributed by atoms with Crippen LogP contribution in [0, 0.1) is 5.92 Å². The van der Waals surface area contributed by atoms with E-state index >= 15 is 0 Å². The Morgan fingerprint density at radius 3 is 2.88 bits per heavy atom. The summed E-state index contributed by atoms with van der Waals surface area (Å²) in [6.45, 7) is 2.23. The Labute approximate surface area is 102 Å². The smallest absolute Gasteiger partial charge is 0.243 e. The molecule has 5 nitrogen and oxygen atoms in total. The second-order valence-electron chi connectivity index (χ2n) is 4.87. The summed E-state index contributed by atoms with van der Waals surface area (Å²) in [4.78, 5) is 0.217. The van der Waals surface area contributed by atoms with Crippen molar-refractivity contribution in [2.75, 3.05) is 0 Å². The van der Waals surface area contributed by atoms with E-state index in [1.807, 2.05) is 0 Å². The van der Waals surface area contributed by atoms with Crippen LogP contribution in [-0.2, 0) is 10.0 Å². The summed E-state index contributed by atoms with van der Waals surface area (Å²) in [5, 5.41) is 6.19. The monoisotopic (exact) mass is 257 g/mol. The zero-order valence-corrected chi connectivity index (χ0v) is 10.8. The van der Waals surface area contributed by atoms with Gasteiger partial charge in [-0.1, -0.05) is 19.8 Å². The van der Waals surface area contributed by atoms with Crippen molar-refractivity contribution in [2.24, 2.45) is 5.92 Å². The number of sulfonamides is 1.